The molecule has 6 nitrogen and oxygen atoms in total. The first kappa shape index (κ1) is 20.6. The van der Waals surface area contributed by atoms with Crippen LogP contribution in [0.15, 0.2) is 77.8 Å². The third kappa shape index (κ3) is 5.49. The van der Waals surface area contributed by atoms with Crippen molar-refractivity contribution in [3.63, 3.8) is 0 Å². The summed E-state index contributed by atoms with van der Waals surface area (Å²) in [6, 6.07) is 22.6. The lowest BCUT2D eigenvalue weighted by Gasteiger charge is -2.28. The van der Waals surface area contributed by atoms with Gasteiger partial charge >= 0.3 is 5.97 Å². The van der Waals surface area contributed by atoms with Gasteiger partial charge in [-0.3, -0.25) is 4.99 Å². The zero-order valence-corrected chi connectivity index (χ0v) is 17.1. The third-order valence-corrected chi connectivity index (χ3v) is 5.09. The molecule has 6 heteroatoms. The number of rotatable bonds is 7. The lowest BCUT2D eigenvalue weighted by Crippen LogP contribution is -2.36. The van der Waals surface area contributed by atoms with Gasteiger partial charge in [0.25, 0.3) is 0 Å². The molecular weight excluding hydrogens is 392 g/mol. The predicted molar refractivity (Wildman–Crippen MR) is 121 cm³/mol. The van der Waals surface area contributed by atoms with E-state index in [1.165, 1.54) is 5.69 Å². The molecule has 1 aliphatic rings. The molecule has 0 aromatic heterocycles. The van der Waals surface area contributed by atoms with Crippen LogP contribution in [-0.4, -0.2) is 43.6 Å². The SMILES string of the molecule is O=C(O)c1ccc(COc2ccccc2C=Nc2ccc(N3CCOCC3)cc2)cc1. The molecule has 1 N–H and O–H groups in total. The maximum absolute atomic E-state index is 11.0. The molecule has 0 amide bonds. The number of hydrogen-bond donors (Lipinski definition) is 1. The number of anilines is 1. The molecule has 158 valence electrons. The van der Waals surface area contributed by atoms with E-state index in [0.717, 1.165) is 48.9 Å². The summed E-state index contributed by atoms with van der Waals surface area (Å²) in [4.78, 5) is 17.9. The van der Waals surface area contributed by atoms with Gasteiger partial charge in [-0.25, -0.2) is 4.79 Å². The largest absolute Gasteiger partial charge is 0.488 e. The maximum Gasteiger partial charge on any atom is 0.335 e. The molecule has 31 heavy (non-hydrogen) atoms. The maximum atomic E-state index is 11.0. The highest BCUT2D eigenvalue weighted by atomic mass is 16.5. The van der Waals surface area contributed by atoms with Gasteiger partial charge in [0.2, 0.25) is 0 Å². The number of carboxylic acid groups (broad SMARTS) is 1. The van der Waals surface area contributed by atoms with Crippen molar-refractivity contribution in [2.45, 2.75) is 6.61 Å². The fraction of sp³-hybridized carbons (Fsp3) is 0.200. The molecule has 0 bridgehead atoms. The number of benzene rings is 3. The number of aromatic carboxylic acids is 1. The Hall–Kier alpha value is -3.64. The lowest BCUT2D eigenvalue weighted by atomic mass is 10.1. The standard InChI is InChI=1S/C25H24N2O4/c28-25(29)20-7-5-19(6-8-20)18-31-24-4-2-1-3-21(24)17-26-22-9-11-23(12-10-22)27-13-15-30-16-14-27/h1-12,17H,13-16,18H2,(H,28,29). The lowest BCUT2D eigenvalue weighted by molar-refractivity contribution is 0.0697. The molecule has 1 heterocycles. The van der Waals surface area contributed by atoms with Crippen molar-refractivity contribution in [3.05, 3.63) is 89.5 Å². The molecule has 4 rings (SSSR count). The summed E-state index contributed by atoms with van der Waals surface area (Å²) in [5.74, 6) is -0.217. The van der Waals surface area contributed by atoms with Crippen molar-refractivity contribution < 1.29 is 19.4 Å². The quantitative estimate of drug-likeness (QED) is 0.572. The zero-order chi connectivity index (χ0) is 21.5. The molecule has 0 aliphatic carbocycles. The van der Waals surface area contributed by atoms with Gasteiger partial charge in [-0.15, -0.1) is 0 Å². The highest BCUT2D eigenvalue weighted by molar-refractivity contribution is 5.87. The van der Waals surface area contributed by atoms with Crippen LogP contribution in [0.2, 0.25) is 0 Å². The molecule has 0 atom stereocenters. The van der Waals surface area contributed by atoms with Crippen molar-refractivity contribution in [1.82, 2.24) is 0 Å². The second-order valence-corrected chi connectivity index (χ2v) is 7.20. The molecule has 1 saturated heterocycles. The molecule has 3 aromatic rings. The average Bonchev–Trinajstić information content (AvgIpc) is 2.83. The second kappa shape index (κ2) is 9.91. The van der Waals surface area contributed by atoms with E-state index < -0.39 is 5.97 Å². The van der Waals surface area contributed by atoms with Crippen LogP contribution in [-0.2, 0) is 11.3 Å². The van der Waals surface area contributed by atoms with Gasteiger partial charge in [0.05, 0.1) is 24.5 Å². The van der Waals surface area contributed by atoms with Crippen molar-refractivity contribution in [3.8, 4) is 5.75 Å². The van der Waals surface area contributed by atoms with Gasteiger partial charge in [-0.2, -0.15) is 0 Å². The molecule has 0 unspecified atom stereocenters. The van der Waals surface area contributed by atoms with E-state index in [9.17, 15) is 4.79 Å². The van der Waals surface area contributed by atoms with Gasteiger partial charge in [-0.05, 0) is 54.1 Å². The number of ether oxygens (including phenoxy) is 2. The van der Waals surface area contributed by atoms with Crippen LogP contribution >= 0.6 is 0 Å². The first-order valence-electron chi connectivity index (χ1n) is 10.2. The Labute approximate surface area is 181 Å². The van der Waals surface area contributed by atoms with Crippen LogP contribution < -0.4 is 9.64 Å². The Morgan fingerprint density at radius 3 is 2.42 bits per heavy atom. The summed E-state index contributed by atoms with van der Waals surface area (Å²) in [6.07, 6.45) is 1.80. The summed E-state index contributed by atoms with van der Waals surface area (Å²) >= 11 is 0. The Balaban J connectivity index is 1.40. The van der Waals surface area contributed by atoms with Crippen LogP contribution in [0.5, 0.6) is 5.75 Å². The van der Waals surface area contributed by atoms with Crippen LogP contribution in [0.4, 0.5) is 11.4 Å². The molecule has 3 aromatic carbocycles. The van der Waals surface area contributed by atoms with Gasteiger partial charge in [0.15, 0.2) is 0 Å². The van der Waals surface area contributed by atoms with Gasteiger partial charge < -0.3 is 19.5 Å². The number of para-hydroxylation sites is 1. The Morgan fingerprint density at radius 2 is 1.71 bits per heavy atom. The van der Waals surface area contributed by atoms with E-state index in [1.807, 2.05) is 36.4 Å². The first-order chi connectivity index (χ1) is 15.2. The number of carboxylic acids is 1. The van der Waals surface area contributed by atoms with Crippen LogP contribution in [0, 0.1) is 0 Å². The molecule has 1 aliphatic heterocycles. The van der Waals surface area contributed by atoms with Crippen molar-refractivity contribution in [2.75, 3.05) is 31.2 Å². The summed E-state index contributed by atoms with van der Waals surface area (Å²) in [5, 5.41) is 9.00. The smallest absolute Gasteiger partial charge is 0.335 e. The number of morpholine rings is 1. The number of carbonyl (C=O) groups is 1. The van der Waals surface area contributed by atoms with E-state index in [4.69, 9.17) is 14.6 Å². The fourth-order valence-corrected chi connectivity index (χ4v) is 3.34. The summed E-state index contributed by atoms with van der Waals surface area (Å²) in [7, 11) is 0. The van der Waals surface area contributed by atoms with Crippen LogP contribution in [0.3, 0.4) is 0 Å². The highest BCUT2D eigenvalue weighted by Gasteiger charge is 2.10. The minimum Gasteiger partial charge on any atom is -0.488 e. The zero-order valence-electron chi connectivity index (χ0n) is 17.1. The van der Waals surface area contributed by atoms with E-state index in [2.05, 4.69) is 22.0 Å². The summed E-state index contributed by atoms with van der Waals surface area (Å²) < 4.78 is 11.4. The summed E-state index contributed by atoms with van der Waals surface area (Å²) in [6.45, 7) is 3.69. The van der Waals surface area contributed by atoms with Gasteiger partial charge in [0, 0.05) is 30.6 Å². The third-order valence-electron chi connectivity index (χ3n) is 5.09. The van der Waals surface area contributed by atoms with E-state index >= 15 is 0 Å². The Kier molecular flexibility index (Phi) is 6.59. The molecule has 1 fully saturated rings. The van der Waals surface area contributed by atoms with Crippen LogP contribution in [0.1, 0.15) is 21.5 Å². The number of hydrogen-bond acceptors (Lipinski definition) is 5. The van der Waals surface area contributed by atoms with Crippen molar-refractivity contribution in [1.29, 1.82) is 0 Å². The molecule has 0 saturated carbocycles. The number of nitrogens with zero attached hydrogens (tertiary/aromatic N) is 2. The van der Waals surface area contributed by atoms with E-state index in [-0.39, 0.29) is 5.56 Å². The monoisotopic (exact) mass is 416 g/mol. The Morgan fingerprint density at radius 1 is 1.00 bits per heavy atom. The summed E-state index contributed by atoms with van der Waals surface area (Å²) in [5.41, 5.74) is 4.09. The van der Waals surface area contributed by atoms with E-state index in [1.54, 1.807) is 30.5 Å². The predicted octanol–water partition coefficient (Wildman–Crippen LogP) is 4.55. The normalized spacial score (nSPS) is 14.0. The van der Waals surface area contributed by atoms with Crippen LogP contribution in [0.25, 0.3) is 0 Å². The molecule has 0 spiro atoms. The average molecular weight is 416 g/mol. The van der Waals surface area contributed by atoms with Gasteiger partial charge in [-0.1, -0.05) is 24.3 Å². The minimum absolute atomic E-state index is 0.260. The first-order valence-corrected chi connectivity index (χ1v) is 10.2. The topological polar surface area (TPSA) is 71.4 Å². The fourth-order valence-electron chi connectivity index (χ4n) is 3.34. The highest BCUT2D eigenvalue weighted by Crippen LogP contribution is 2.22. The molecular formula is C25H24N2O4. The minimum atomic E-state index is -0.938. The van der Waals surface area contributed by atoms with Crippen molar-refractivity contribution in [2.24, 2.45) is 4.99 Å². The number of aliphatic imine (C=N–C) groups is 1. The second-order valence-electron chi connectivity index (χ2n) is 7.20. The van der Waals surface area contributed by atoms with Gasteiger partial charge in [0.1, 0.15) is 12.4 Å². The van der Waals surface area contributed by atoms with E-state index in [0.29, 0.717) is 6.61 Å². The van der Waals surface area contributed by atoms with Crippen molar-refractivity contribution >= 4 is 23.6 Å². The molecule has 0 radical (unpaired) electrons. The Bertz CT molecular complexity index is 1040.